The Labute approximate surface area is 84.4 Å². The zero-order chi connectivity index (χ0) is 10.6. The predicted octanol–water partition coefficient (Wildman–Crippen LogP) is 2.19. The molecule has 0 saturated heterocycles. The van der Waals surface area contributed by atoms with E-state index in [0.717, 1.165) is 5.57 Å². The summed E-state index contributed by atoms with van der Waals surface area (Å²) >= 11 is 0. The van der Waals surface area contributed by atoms with Crippen LogP contribution in [0.2, 0.25) is 0 Å². The maximum Gasteiger partial charge on any atom is 0.338 e. The van der Waals surface area contributed by atoms with Crippen LogP contribution >= 0.6 is 0 Å². The lowest BCUT2D eigenvalue weighted by Crippen LogP contribution is -2.09. The van der Waals surface area contributed by atoms with Crippen LogP contribution in [0.25, 0.3) is 0 Å². The molecule has 0 spiro atoms. The van der Waals surface area contributed by atoms with Crippen molar-refractivity contribution in [3.05, 3.63) is 23.0 Å². The number of hydrogen-bond acceptors (Lipinski definition) is 3. The molecule has 0 aromatic heterocycles. The Morgan fingerprint density at radius 3 is 2.71 bits per heavy atom. The SMILES string of the molecule is CCOC(=O)C1=C(OCC)C=C(C)C1. The summed E-state index contributed by atoms with van der Waals surface area (Å²) in [6.45, 7) is 6.65. The van der Waals surface area contributed by atoms with Crippen molar-refractivity contribution in [2.24, 2.45) is 0 Å². The minimum Gasteiger partial charge on any atom is -0.493 e. The average molecular weight is 196 g/mol. The normalized spacial score (nSPS) is 15.5. The first-order valence-corrected chi connectivity index (χ1v) is 4.89. The lowest BCUT2D eigenvalue weighted by atomic mass is 10.2. The van der Waals surface area contributed by atoms with Gasteiger partial charge in [0.2, 0.25) is 0 Å². The predicted molar refractivity (Wildman–Crippen MR) is 53.7 cm³/mol. The summed E-state index contributed by atoms with van der Waals surface area (Å²) < 4.78 is 10.3. The van der Waals surface area contributed by atoms with Gasteiger partial charge in [-0.2, -0.15) is 0 Å². The van der Waals surface area contributed by atoms with E-state index >= 15 is 0 Å². The highest BCUT2D eigenvalue weighted by molar-refractivity contribution is 5.91. The van der Waals surface area contributed by atoms with Crippen LogP contribution in [0.15, 0.2) is 23.0 Å². The first kappa shape index (κ1) is 10.8. The lowest BCUT2D eigenvalue weighted by Gasteiger charge is -2.06. The molecule has 0 aromatic rings. The molecule has 0 unspecified atom stereocenters. The second-order valence-corrected chi connectivity index (χ2v) is 3.16. The second-order valence-electron chi connectivity index (χ2n) is 3.16. The zero-order valence-electron chi connectivity index (χ0n) is 8.92. The third-order valence-corrected chi connectivity index (χ3v) is 1.95. The molecule has 14 heavy (non-hydrogen) atoms. The number of ether oxygens (including phenoxy) is 2. The third kappa shape index (κ3) is 2.37. The molecule has 0 amide bonds. The van der Waals surface area contributed by atoms with Crippen molar-refractivity contribution in [1.82, 2.24) is 0 Å². The number of allylic oxidation sites excluding steroid dienone is 2. The van der Waals surface area contributed by atoms with Crippen molar-refractivity contribution in [2.45, 2.75) is 27.2 Å². The number of rotatable bonds is 4. The van der Waals surface area contributed by atoms with E-state index in [1.54, 1.807) is 6.92 Å². The Bertz CT molecular complexity index is 287. The van der Waals surface area contributed by atoms with E-state index in [-0.39, 0.29) is 5.97 Å². The van der Waals surface area contributed by atoms with E-state index in [2.05, 4.69) is 0 Å². The summed E-state index contributed by atoms with van der Waals surface area (Å²) in [4.78, 5) is 11.5. The van der Waals surface area contributed by atoms with Gasteiger partial charge in [-0.05, 0) is 26.8 Å². The maximum absolute atomic E-state index is 11.5. The fraction of sp³-hybridized carbons (Fsp3) is 0.545. The van der Waals surface area contributed by atoms with E-state index in [1.165, 1.54) is 0 Å². The van der Waals surface area contributed by atoms with Crippen molar-refractivity contribution in [1.29, 1.82) is 0 Å². The van der Waals surface area contributed by atoms with E-state index in [9.17, 15) is 4.79 Å². The van der Waals surface area contributed by atoms with Gasteiger partial charge in [-0.1, -0.05) is 5.57 Å². The van der Waals surface area contributed by atoms with Crippen LogP contribution < -0.4 is 0 Å². The summed E-state index contributed by atoms with van der Waals surface area (Å²) in [5.41, 5.74) is 1.78. The van der Waals surface area contributed by atoms with Crippen molar-refractivity contribution in [3.63, 3.8) is 0 Å². The minimum atomic E-state index is -0.260. The third-order valence-electron chi connectivity index (χ3n) is 1.95. The van der Waals surface area contributed by atoms with Crippen molar-refractivity contribution in [3.8, 4) is 0 Å². The highest BCUT2D eigenvalue weighted by Gasteiger charge is 2.22. The van der Waals surface area contributed by atoms with Crippen molar-refractivity contribution >= 4 is 5.97 Å². The van der Waals surface area contributed by atoms with Gasteiger partial charge in [-0.3, -0.25) is 0 Å². The molecule has 0 atom stereocenters. The van der Waals surface area contributed by atoms with E-state index in [4.69, 9.17) is 9.47 Å². The Hall–Kier alpha value is -1.25. The molecule has 0 fully saturated rings. The van der Waals surface area contributed by atoms with E-state index in [0.29, 0.717) is 31.0 Å². The molecule has 0 N–H and O–H groups in total. The first-order chi connectivity index (χ1) is 6.69. The van der Waals surface area contributed by atoms with Crippen LogP contribution in [0.4, 0.5) is 0 Å². The van der Waals surface area contributed by atoms with Gasteiger partial charge >= 0.3 is 5.97 Å². The largest absolute Gasteiger partial charge is 0.493 e. The maximum atomic E-state index is 11.5. The highest BCUT2D eigenvalue weighted by atomic mass is 16.5. The number of carbonyl (C=O) groups is 1. The Balaban J connectivity index is 2.75. The molecule has 0 aliphatic heterocycles. The molecular formula is C11H16O3. The quantitative estimate of drug-likeness (QED) is 0.646. The summed E-state index contributed by atoms with van der Waals surface area (Å²) in [7, 11) is 0. The van der Waals surface area contributed by atoms with Gasteiger partial charge in [0.15, 0.2) is 0 Å². The van der Waals surface area contributed by atoms with Crippen molar-refractivity contribution < 1.29 is 14.3 Å². The molecule has 78 valence electrons. The molecule has 0 heterocycles. The zero-order valence-corrected chi connectivity index (χ0v) is 8.92. The van der Waals surface area contributed by atoms with Crippen LogP contribution in [0.1, 0.15) is 27.2 Å². The van der Waals surface area contributed by atoms with Crippen LogP contribution in [0.5, 0.6) is 0 Å². The van der Waals surface area contributed by atoms with Gasteiger partial charge in [0.05, 0.1) is 18.8 Å². The summed E-state index contributed by atoms with van der Waals surface area (Å²) in [5, 5.41) is 0. The van der Waals surface area contributed by atoms with Gasteiger partial charge in [0, 0.05) is 6.42 Å². The molecule has 1 aliphatic carbocycles. The molecule has 1 rings (SSSR count). The fourth-order valence-electron chi connectivity index (χ4n) is 1.40. The Kier molecular flexibility index (Phi) is 3.74. The lowest BCUT2D eigenvalue weighted by molar-refractivity contribution is -0.138. The number of esters is 1. The number of hydrogen-bond donors (Lipinski definition) is 0. The smallest absolute Gasteiger partial charge is 0.338 e. The summed E-state index contributed by atoms with van der Waals surface area (Å²) in [6.07, 6.45) is 2.55. The van der Waals surface area contributed by atoms with E-state index in [1.807, 2.05) is 19.9 Å². The molecule has 0 radical (unpaired) electrons. The molecule has 0 saturated carbocycles. The molecule has 1 aliphatic rings. The average Bonchev–Trinajstić information content (AvgIpc) is 2.48. The van der Waals surface area contributed by atoms with Gasteiger partial charge in [-0.25, -0.2) is 4.79 Å². The Morgan fingerprint density at radius 1 is 1.43 bits per heavy atom. The minimum absolute atomic E-state index is 0.260. The van der Waals surface area contributed by atoms with Gasteiger partial charge < -0.3 is 9.47 Å². The van der Waals surface area contributed by atoms with E-state index < -0.39 is 0 Å². The second kappa shape index (κ2) is 4.84. The molecule has 0 bridgehead atoms. The number of carbonyl (C=O) groups excluding carboxylic acids is 1. The van der Waals surface area contributed by atoms with Crippen molar-refractivity contribution in [2.75, 3.05) is 13.2 Å². The summed E-state index contributed by atoms with van der Waals surface area (Å²) in [6, 6.07) is 0. The highest BCUT2D eigenvalue weighted by Crippen LogP contribution is 2.26. The molecular weight excluding hydrogens is 180 g/mol. The standard InChI is InChI=1S/C11H16O3/c1-4-13-10-7-8(3)6-9(10)11(12)14-5-2/h7H,4-6H2,1-3H3. The van der Waals surface area contributed by atoms with Gasteiger partial charge in [-0.15, -0.1) is 0 Å². The van der Waals surface area contributed by atoms with Gasteiger partial charge in [0.25, 0.3) is 0 Å². The Morgan fingerprint density at radius 2 is 2.14 bits per heavy atom. The monoisotopic (exact) mass is 196 g/mol. The molecule has 3 nitrogen and oxygen atoms in total. The molecule has 3 heteroatoms. The van der Waals surface area contributed by atoms with Crippen LogP contribution in [0, 0.1) is 0 Å². The molecule has 0 aromatic carbocycles. The van der Waals surface area contributed by atoms with Crippen LogP contribution in [0.3, 0.4) is 0 Å². The van der Waals surface area contributed by atoms with Crippen LogP contribution in [-0.2, 0) is 14.3 Å². The first-order valence-electron chi connectivity index (χ1n) is 4.89. The van der Waals surface area contributed by atoms with Gasteiger partial charge in [0.1, 0.15) is 5.76 Å². The van der Waals surface area contributed by atoms with Crippen LogP contribution in [-0.4, -0.2) is 19.2 Å². The summed E-state index contributed by atoms with van der Waals surface area (Å²) in [5.74, 6) is 0.410. The topological polar surface area (TPSA) is 35.5 Å². The fourth-order valence-corrected chi connectivity index (χ4v) is 1.40.